The molecule has 18 heavy (non-hydrogen) atoms. The van der Waals surface area contributed by atoms with Gasteiger partial charge in [-0.15, -0.1) is 0 Å². The second-order valence-corrected chi connectivity index (χ2v) is 4.55. The van der Waals surface area contributed by atoms with E-state index in [-0.39, 0.29) is 6.04 Å². The average molecular weight is 243 g/mol. The molecule has 2 atom stereocenters. The van der Waals surface area contributed by atoms with Crippen molar-refractivity contribution in [3.63, 3.8) is 0 Å². The van der Waals surface area contributed by atoms with Crippen LogP contribution in [0, 0.1) is 0 Å². The van der Waals surface area contributed by atoms with Gasteiger partial charge in [-0.05, 0) is 36.2 Å². The highest BCUT2D eigenvalue weighted by atomic mass is 16.4. The first-order valence-corrected chi connectivity index (χ1v) is 6.05. The van der Waals surface area contributed by atoms with Crippen LogP contribution in [0.1, 0.15) is 25.5 Å². The maximum atomic E-state index is 10.8. The molecule has 2 aromatic rings. The number of benzene rings is 2. The van der Waals surface area contributed by atoms with Gasteiger partial charge in [0.1, 0.15) is 6.04 Å². The van der Waals surface area contributed by atoms with Crippen LogP contribution in [-0.2, 0) is 4.79 Å². The Morgan fingerprint density at radius 3 is 2.44 bits per heavy atom. The van der Waals surface area contributed by atoms with Gasteiger partial charge in [0.25, 0.3) is 0 Å². The highest BCUT2D eigenvalue weighted by molar-refractivity contribution is 5.83. The van der Waals surface area contributed by atoms with Crippen molar-refractivity contribution in [3.8, 4) is 0 Å². The maximum Gasteiger partial charge on any atom is 0.320 e. The average Bonchev–Trinajstić information content (AvgIpc) is 2.37. The number of aliphatic carboxylic acids is 1. The molecular weight excluding hydrogens is 226 g/mol. The van der Waals surface area contributed by atoms with Gasteiger partial charge in [-0.1, -0.05) is 36.4 Å². The van der Waals surface area contributed by atoms with Crippen LogP contribution >= 0.6 is 0 Å². The van der Waals surface area contributed by atoms with Gasteiger partial charge in [0.15, 0.2) is 0 Å². The first kappa shape index (κ1) is 12.6. The van der Waals surface area contributed by atoms with Crippen LogP contribution in [0.4, 0.5) is 0 Å². The summed E-state index contributed by atoms with van der Waals surface area (Å²) < 4.78 is 0. The van der Waals surface area contributed by atoms with E-state index < -0.39 is 12.0 Å². The van der Waals surface area contributed by atoms with Crippen molar-refractivity contribution >= 4 is 16.7 Å². The fourth-order valence-corrected chi connectivity index (χ4v) is 2.02. The minimum absolute atomic E-state index is 0.0145. The molecule has 0 heterocycles. The molecule has 2 unspecified atom stereocenters. The number of rotatable bonds is 4. The van der Waals surface area contributed by atoms with E-state index >= 15 is 0 Å². The lowest BCUT2D eigenvalue weighted by Gasteiger charge is -2.17. The molecule has 0 aromatic heterocycles. The normalized spacial score (nSPS) is 14.3. The Morgan fingerprint density at radius 1 is 1.11 bits per heavy atom. The number of hydrogen-bond donors (Lipinski definition) is 2. The highest BCUT2D eigenvalue weighted by Crippen LogP contribution is 2.20. The van der Waals surface area contributed by atoms with Crippen molar-refractivity contribution in [1.82, 2.24) is 5.32 Å². The summed E-state index contributed by atoms with van der Waals surface area (Å²) in [5.41, 5.74) is 1.10. The lowest BCUT2D eigenvalue weighted by atomic mass is 10.0. The first-order chi connectivity index (χ1) is 8.58. The van der Waals surface area contributed by atoms with Crippen LogP contribution in [0.5, 0.6) is 0 Å². The topological polar surface area (TPSA) is 49.3 Å². The van der Waals surface area contributed by atoms with Crippen LogP contribution in [0.2, 0.25) is 0 Å². The Morgan fingerprint density at radius 2 is 1.78 bits per heavy atom. The Kier molecular flexibility index (Phi) is 3.63. The molecule has 0 fully saturated rings. The van der Waals surface area contributed by atoms with Gasteiger partial charge in [0.05, 0.1) is 0 Å². The molecule has 0 aliphatic rings. The summed E-state index contributed by atoms with van der Waals surface area (Å²) in [6.45, 7) is 3.63. The predicted molar refractivity (Wildman–Crippen MR) is 72.6 cm³/mol. The highest BCUT2D eigenvalue weighted by Gasteiger charge is 2.14. The van der Waals surface area contributed by atoms with E-state index in [9.17, 15) is 4.79 Å². The van der Waals surface area contributed by atoms with Crippen LogP contribution in [-0.4, -0.2) is 17.1 Å². The molecule has 94 valence electrons. The molecule has 0 aliphatic heterocycles. The molecule has 0 bridgehead atoms. The van der Waals surface area contributed by atoms with E-state index in [0.717, 1.165) is 5.56 Å². The summed E-state index contributed by atoms with van der Waals surface area (Å²) in [6, 6.07) is 13.8. The Balaban J connectivity index is 2.22. The summed E-state index contributed by atoms with van der Waals surface area (Å²) in [7, 11) is 0. The number of carbonyl (C=O) groups is 1. The van der Waals surface area contributed by atoms with Gasteiger partial charge in [-0.2, -0.15) is 0 Å². The molecule has 0 aliphatic carbocycles. The third-order valence-corrected chi connectivity index (χ3v) is 3.14. The number of nitrogens with one attached hydrogen (secondary N) is 1. The number of carboxylic acid groups (broad SMARTS) is 1. The SMILES string of the molecule is CC(NC(C)c1ccc2ccccc2c1)C(=O)O. The molecule has 0 amide bonds. The van der Waals surface area contributed by atoms with E-state index in [1.807, 2.05) is 25.1 Å². The zero-order valence-corrected chi connectivity index (χ0v) is 10.6. The van der Waals surface area contributed by atoms with E-state index in [2.05, 4.69) is 29.6 Å². The van der Waals surface area contributed by atoms with Crippen molar-refractivity contribution in [3.05, 3.63) is 48.0 Å². The summed E-state index contributed by atoms with van der Waals surface area (Å²) in [6.07, 6.45) is 0. The fourth-order valence-electron chi connectivity index (χ4n) is 2.02. The van der Waals surface area contributed by atoms with Crippen LogP contribution in [0.25, 0.3) is 10.8 Å². The lowest BCUT2D eigenvalue weighted by Crippen LogP contribution is -2.35. The van der Waals surface area contributed by atoms with E-state index in [1.54, 1.807) is 6.92 Å². The van der Waals surface area contributed by atoms with Gasteiger partial charge >= 0.3 is 5.97 Å². The van der Waals surface area contributed by atoms with E-state index in [1.165, 1.54) is 10.8 Å². The van der Waals surface area contributed by atoms with Crippen LogP contribution < -0.4 is 5.32 Å². The van der Waals surface area contributed by atoms with Gasteiger partial charge in [0, 0.05) is 6.04 Å². The Hall–Kier alpha value is -1.87. The molecule has 0 radical (unpaired) electrons. The number of hydrogen-bond acceptors (Lipinski definition) is 2. The fraction of sp³-hybridized carbons (Fsp3) is 0.267. The van der Waals surface area contributed by atoms with Crippen LogP contribution in [0.15, 0.2) is 42.5 Å². The summed E-state index contributed by atoms with van der Waals surface area (Å²) in [4.78, 5) is 10.8. The van der Waals surface area contributed by atoms with Crippen molar-refractivity contribution in [2.75, 3.05) is 0 Å². The van der Waals surface area contributed by atoms with Gasteiger partial charge < -0.3 is 5.11 Å². The Bertz CT molecular complexity index is 565. The van der Waals surface area contributed by atoms with Gasteiger partial charge in [-0.25, -0.2) is 0 Å². The molecule has 2 rings (SSSR count). The third-order valence-electron chi connectivity index (χ3n) is 3.14. The second kappa shape index (κ2) is 5.19. The minimum Gasteiger partial charge on any atom is -0.480 e. The molecule has 3 heteroatoms. The second-order valence-electron chi connectivity index (χ2n) is 4.55. The Labute approximate surface area is 106 Å². The number of fused-ring (bicyclic) bond motifs is 1. The van der Waals surface area contributed by atoms with Crippen molar-refractivity contribution in [1.29, 1.82) is 0 Å². The molecule has 0 saturated heterocycles. The predicted octanol–water partition coefficient (Wildman–Crippen LogP) is 2.96. The standard InChI is InChI=1S/C15H17NO2/c1-10(16-11(2)15(17)18)13-8-7-12-5-3-4-6-14(12)9-13/h3-11,16H,1-2H3,(H,17,18). The van der Waals surface area contributed by atoms with E-state index in [4.69, 9.17) is 5.11 Å². The molecule has 2 N–H and O–H groups in total. The van der Waals surface area contributed by atoms with Crippen LogP contribution in [0.3, 0.4) is 0 Å². The van der Waals surface area contributed by atoms with E-state index in [0.29, 0.717) is 0 Å². The molecule has 2 aromatic carbocycles. The zero-order chi connectivity index (χ0) is 13.1. The van der Waals surface area contributed by atoms with Gasteiger partial charge in [0.2, 0.25) is 0 Å². The first-order valence-electron chi connectivity index (χ1n) is 6.05. The third kappa shape index (κ3) is 2.68. The monoisotopic (exact) mass is 243 g/mol. The molecule has 0 spiro atoms. The van der Waals surface area contributed by atoms with Crippen molar-refractivity contribution in [2.24, 2.45) is 0 Å². The zero-order valence-electron chi connectivity index (χ0n) is 10.6. The summed E-state index contributed by atoms with van der Waals surface area (Å²) in [5, 5.41) is 14.3. The lowest BCUT2D eigenvalue weighted by molar-refractivity contribution is -0.139. The van der Waals surface area contributed by atoms with Gasteiger partial charge in [-0.3, -0.25) is 10.1 Å². The summed E-state index contributed by atoms with van der Waals surface area (Å²) >= 11 is 0. The quantitative estimate of drug-likeness (QED) is 0.868. The molecule has 3 nitrogen and oxygen atoms in total. The smallest absolute Gasteiger partial charge is 0.320 e. The van der Waals surface area contributed by atoms with Crippen molar-refractivity contribution in [2.45, 2.75) is 25.9 Å². The minimum atomic E-state index is -0.831. The maximum absolute atomic E-state index is 10.8. The van der Waals surface area contributed by atoms with Crippen molar-refractivity contribution < 1.29 is 9.90 Å². The number of carboxylic acids is 1. The molecular formula is C15H17NO2. The summed E-state index contributed by atoms with van der Waals surface area (Å²) in [5.74, 6) is -0.831. The molecule has 0 saturated carbocycles. The largest absolute Gasteiger partial charge is 0.480 e.